The first-order valence-corrected chi connectivity index (χ1v) is 7.94. The number of halogens is 5. The van der Waals surface area contributed by atoms with Crippen LogP contribution in [0.4, 0.5) is 26.7 Å². The Balaban J connectivity index is 1.84. The van der Waals surface area contributed by atoms with E-state index in [0.29, 0.717) is 4.90 Å². The fraction of sp³-hybridized carbons (Fsp3) is 0.222. The van der Waals surface area contributed by atoms with Gasteiger partial charge in [-0.1, -0.05) is 24.3 Å². The number of nitrogens with one attached hydrogen (secondary N) is 1. The SMILES string of the molecule is CC1(c2ccc(OC(F)(F)F)cc2)NC(=O)N(Cc2cccc(F)c2F)C1=O. The molecule has 1 fully saturated rings. The van der Waals surface area contributed by atoms with Crippen LogP contribution in [0.25, 0.3) is 0 Å². The van der Waals surface area contributed by atoms with Crippen molar-refractivity contribution in [2.45, 2.75) is 25.4 Å². The van der Waals surface area contributed by atoms with Gasteiger partial charge in [0.25, 0.3) is 5.91 Å². The molecular formula is C18H13F5N2O3. The minimum Gasteiger partial charge on any atom is -0.406 e. The largest absolute Gasteiger partial charge is 0.573 e. The first kappa shape index (κ1) is 19.6. The Morgan fingerprint density at radius 1 is 1.07 bits per heavy atom. The summed E-state index contributed by atoms with van der Waals surface area (Å²) in [5.74, 6) is -3.54. The second kappa shape index (κ2) is 6.77. The second-order valence-electron chi connectivity index (χ2n) is 6.23. The monoisotopic (exact) mass is 400 g/mol. The molecule has 5 nitrogen and oxygen atoms in total. The third-order valence-corrected chi connectivity index (χ3v) is 4.30. The molecule has 1 aliphatic heterocycles. The molecule has 3 amide bonds. The molecule has 3 rings (SSSR count). The van der Waals surface area contributed by atoms with Crippen LogP contribution in [0.3, 0.4) is 0 Å². The molecular weight excluding hydrogens is 387 g/mol. The average Bonchev–Trinajstić information content (AvgIpc) is 2.82. The lowest BCUT2D eigenvalue weighted by Gasteiger charge is -2.22. The van der Waals surface area contributed by atoms with Crippen molar-refractivity contribution in [3.63, 3.8) is 0 Å². The maximum absolute atomic E-state index is 13.9. The van der Waals surface area contributed by atoms with Crippen molar-refractivity contribution in [2.75, 3.05) is 0 Å². The summed E-state index contributed by atoms with van der Waals surface area (Å²) < 4.78 is 67.7. The molecule has 0 aliphatic carbocycles. The predicted molar refractivity (Wildman–Crippen MR) is 85.9 cm³/mol. The van der Waals surface area contributed by atoms with Crippen molar-refractivity contribution in [3.8, 4) is 5.75 Å². The van der Waals surface area contributed by atoms with Crippen LogP contribution in [0.1, 0.15) is 18.1 Å². The summed E-state index contributed by atoms with van der Waals surface area (Å²) in [6.45, 7) is 0.855. The molecule has 2 aromatic rings. The van der Waals surface area contributed by atoms with Crippen LogP contribution in [-0.4, -0.2) is 23.2 Å². The zero-order valence-electron chi connectivity index (χ0n) is 14.3. The molecule has 1 heterocycles. The smallest absolute Gasteiger partial charge is 0.406 e. The number of urea groups is 1. The first-order valence-electron chi connectivity index (χ1n) is 7.94. The Bertz CT molecular complexity index is 930. The second-order valence-corrected chi connectivity index (χ2v) is 6.23. The third-order valence-electron chi connectivity index (χ3n) is 4.30. The fourth-order valence-corrected chi connectivity index (χ4v) is 2.87. The van der Waals surface area contributed by atoms with Crippen molar-refractivity contribution in [1.82, 2.24) is 10.2 Å². The Hall–Kier alpha value is -3.17. The fourth-order valence-electron chi connectivity index (χ4n) is 2.87. The first-order chi connectivity index (χ1) is 13.0. The number of rotatable bonds is 4. The molecule has 2 aromatic carbocycles. The van der Waals surface area contributed by atoms with Gasteiger partial charge in [0.05, 0.1) is 6.54 Å². The van der Waals surface area contributed by atoms with E-state index in [4.69, 9.17) is 0 Å². The van der Waals surface area contributed by atoms with E-state index in [1.54, 1.807) is 0 Å². The van der Waals surface area contributed by atoms with Gasteiger partial charge in [-0.25, -0.2) is 13.6 Å². The Kier molecular flexibility index (Phi) is 4.74. The minimum absolute atomic E-state index is 0.193. The van der Waals surface area contributed by atoms with Gasteiger partial charge in [-0.2, -0.15) is 0 Å². The van der Waals surface area contributed by atoms with E-state index >= 15 is 0 Å². The lowest BCUT2D eigenvalue weighted by atomic mass is 9.92. The molecule has 0 aromatic heterocycles. The maximum atomic E-state index is 13.9. The van der Waals surface area contributed by atoms with Crippen LogP contribution in [0.15, 0.2) is 42.5 Å². The quantitative estimate of drug-likeness (QED) is 0.627. The Morgan fingerprint density at radius 3 is 2.32 bits per heavy atom. The maximum Gasteiger partial charge on any atom is 0.573 e. The van der Waals surface area contributed by atoms with Gasteiger partial charge in [0, 0.05) is 5.56 Å². The van der Waals surface area contributed by atoms with E-state index in [1.165, 1.54) is 31.2 Å². The number of carbonyl (C=O) groups excluding carboxylic acids is 2. The number of hydrogen-bond acceptors (Lipinski definition) is 3. The van der Waals surface area contributed by atoms with Gasteiger partial charge < -0.3 is 10.1 Å². The van der Waals surface area contributed by atoms with Gasteiger partial charge >= 0.3 is 12.4 Å². The topological polar surface area (TPSA) is 58.6 Å². The van der Waals surface area contributed by atoms with Crippen LogP contribution >= 0.6 is 0 Å². The van der Waals surface area contributed by atoms with Gasteiger partial charge in [-0.3, -0.25) is 9.69 Å². The van der Waals surface area contributed by atoms with E-state index in [9.17, 15) is 31.5 Å². The summed E-state index contributed by atoms with van der Waals surface area (Å²) in [5, 5.41) is 2.43. The van der Waals surface area contributed by atoms with E-state index in [1.807, 2.05) is 0 Å². The molecule has 1 unspecified atom stereocenters. The summed E-state index contributed by atoms with van der Waals surface area (Å²) in [6.07, 6.45) is -4.87. The number of benzene rings is 2. The lowest BCUT2D eigenvalue weighted by molar-refractivity contribution is -0.274. The zero-order chi connectivity index (χ0) is 20.7. The predicted octanol–water partition coefficient (Wildman–Crippen LogP) is 3.83. The summed E-state index contributed by atoms with van der Waals surface area (Å²) in [4.78, 5) is 25.7. The van der Waals surface area contributed by atoms with Crippen LogP contribution in [0.2, 0.25) is 0 Å². The van der Waals surface area contributed by atoms with Crippen molar-refractivity contribution in [2.24, 2.45) is 0 Å². The van der Waals surface area contributed by atoms with Crippen LogP contribution in [-0.2, 0) is 16.9 Å². The van der Waals surface area contributed by atoms with Crippen molar-refractivity contribution in [3.05, 3.63) is 65.2 Å². The van der Waals surface area contributed by atoms with Crippen LogP contribution in [0.5, 0.6) is 5.75 Å². The highest BCUT2D eigenvalue weighted by Crippen LogP contribution is 2.32. The standard InChI is InChI=1S/C18H13F5N2O3/c1-17(11-5-7-12(8-6-11)28-18(21,22)23)15(26)25(16(27)24-17)9-10-3-2-4-13(19)14(10)20/h2-8H,9H2,1H3,(H,24,27). The number of nitrogens with zero attached hydrogens (tertiary/aromatic N) is 1. The van der Waals surface area contributed by atoms with Gasteiger partial charge in [0.15, 0.2) is 11.6 Å². The molecule has 10 heteroatoms. The number of imide groups is 1. The number of alkyl halides is 3. The van der Waals surface area contributed by atoms with Crippen molar-refractivity contribution >= 4 is 11.9 Å². The summed E-state index contributed by atoms with van der Waals surface area (Å²) in [6, 6.07) is 6.94. The number of carbonyl (C=O) groups is 2. The van der Waals surface area contributed by atoms with E-state index in [2.05, 4.69) is 10.1 Å². The number of amides is 3. The normalized spacial score (nSPS) is 19.7. The van der Waals surface area contributed by atoms with E-state index < -0.39 is 47.8 Å². The van der Waals surface area contributed by atoms with Crippen molar-refractivity contribution in [1.29, 1.82) is 0 Å². The molecule has 148 valence electrons. The van der Waals surface area contributed by atoms with Gasteiger partial charge in [-0.05, 0) is 30.7 Å². The summed E-state index contributed by atoms with van der Waals surface area (Å²) in [7, 11) is 0. The lowest BCUT2D eigenvalue weighted by Crippen LogP contribution is -2.40. The van der Waals surface area contributed by atoms with E-state index in [-0.39, 0.29) is 11.1 Å². The molecule has 0 spiro atoms. The van der Waals surface area contributed by atoms with Crippen molar-refractivity contribution < 1.29 is 36.3 Å². The van der Waals surface area contributed by atoms with E-state index in [0.717, 1.165) is 18.2 Å². The molecule has 1 atom stereocenters. The molecule has 0 saturated carbocycles. The number of hydrogen-bond donors (Lipinski definition) is 1. The van der Waals surface area contributed by atoms with Gasteiger partial charge in [-0.15, -0.1) is 13.2 Å². The molecule has 0 radical (unpaired) electrons. The van der Waals surface area contributed by atoms with Crippen LogP contribution in [0, 0.1) is 11.6 Å². The van der Waals surface area contributed by atoms with Gasteiger partial charge in [0.2, 0.25) is 0 Å². The zero-order valence-corrected chi connectivity index (χ0v) is 14.3. The average molecular weight is 400 g/mol. The van der Waals surface area contributed by atoms with Crippen LogP contribution < -0.4 is 10.1 Å². The molecule has 28 heavy (non-hydrogen) atoms. The number of ether oxygens (including phenoxy) is 1. The molecule has 1 aliphatic rings. The minimum atomic E-state index is -4.87. The Labute approximate surface area is 155 Å². The van der Waals surface area contributed by atoms with Gasteiger partial charge in [0.1, 0.15) is 11.3 Å². The molecule has 0 bridgehead atoms. The summed E-state index contributed by atoms with van der Waals surface area (Å²) >= 11 is 0. The highest BCUT2D eigenvalue weighted by molar-refractivity contribution is 6.07. The molecule has 1 saturated heterocycles. The molecule has 1 N–H and O–H groups in total. The highest BCUT2D eigenvalue weighted by atomic mass is 19.4. The summed E-state index contributed by atoms with van der Waals surface area (Å²) in [5.41, 5.74) is -1.58. The third kappa shape index (κ3) is 3.62. The highest BCUT2D eigenvalue weighted by Gasteiger charge is 2.49. The Morgan fingerprint density at radius 2 is 1.71 bits per heavy atom.